The van der Waals surface area contributed by atoms with Crippen molar-refractivity contribution in [2.45, 2.75) is 42.7 Å². The smallest absolute Gasteiger partial charge is 0.488 e. The number of carboxylic acids is 1. The Hall–Kier alpha value is -2.76. The number of hydrogen-bond donors (Lipinski definition) is 2. The fraction of sp³-hybridized carbons (Fsp3) is 0.500. The number of aromatic amines is 1. The lowest BCUT2D eigenvalue weighted by Crippen LogP contribution is -2.61. The van der Waals surface area contributed by atoms with Gasteiger partial charge in [0.2, 0.25) is 0 Å². The normalized spacial score (nSPS) is 20.8. The lowest BCUT2D eigenvalue weighted by molar-refractivity contribution is -0.192. The van der Waals surface area contributed by atoms with E-state index in [1.54, 1.807) is 12.4 Å². The molecule has 2 fully saturated rings. The minimum atomic E-state index is -5.08. The first-order chi connectivity index (χ1) is 15.2. The van der Waals surface area contributed by atoms with E-state index in [9.17, 15) is 18.0 Å². The Morgan fingerprint density at radius 3 is 2.72 bits per heavy atom. The van der Waals surface area contributed by atoms with Crippen LogP contribution in [-0.2, 0) is 17.6 Å². The average molecular weight is 470 g/mol. The maximum atomic E-state index is 12.8. The van der Waals surface area contributed by atoms with Crippen molar-refractivity contribution in [2.75, 3.05) is 18.8 Å². The molecule has 32 heavy (non-hydrogen) atoms. The monoisotopic (exact) mass is 470 g/mol. The number of aromatic nitrogens is 3. The number of ether oxygens (including phenoxy) is 1. The number of rotatable bonds is 3. The lowest BCUT2D eigenvalue weighted by atomic mass is 9.92. The fourth-order valence-electron chi connectivity index (χ4n) is 4.15. The predicted molar refractivity (Wildman–Crippen MR) is 109 cm³/mol. The number of fused-ring (bicyclic) bond motifs is 1. The van der Waals surface area contributed by atoms with Gasteiger partial charge in [-0.3, -0.25) is 14.9 Å². The van der Waals surface area contributed by atoms with Gasteiger partial charge in [0.1, 0.15) is 11.9 Å². The Labute approximate surface area is 185 Å². The molecule has 0 bridgehead atoms. The van der Waals surface area contributed by atoms with E-state index in [1.807, 2.05) is 28.8 Å². The second-order valence-electron chi connectivity index (χ2n) is 7.97. The number of aryl methyl sites for hydroxylation is 1. The molecule has 2 aromatic heterocycles. The van der Waals surface area contributed by atoms with Gasteiger partial charge in [0.05, 0.1) is 10.9 Å². The number of hydrogen-bond acceptors (Lipinski definition) is 6. The van der Waals surface area contributed by atoms with Gasteiger partial charge in [0.25, 0.3) is 5.91 Å². The molecule has 5 rings (SSSR count). The van der Waals surface area contributed by atoms with Crippen LogP contribution in [0.25, 0.3) is 0 Å². The first kappa shape index (κ1) is 22.4. The Bertz CT molecular complexity index is 992. The molecule has 2 aromatic rings. The van der Waals surface area contributed by atoms with Crippen molar-refractivity contribution < 1.29 is 32.6 Å². The number of aliphatic carboxylic acids is 1. The second-order valence-corrected chi connectivity index (χ2v) is 9.46. The summed E-state index contributed by atoms with van der Waals surface area (Å²) in [6.45, 7) is 1.59. The summed E-state index contributed by atoms with van der Waals surface area (Å²) in [6, 6.07) is 3.83. The Kier molecular flexibility index (Phi) is 6.06. The Morgan fingerprint density at radius 2 is 2.06 bits per heavy atom. The number of pyridine rings is 1. The van der Waals surface area contributed by atoms with Crippen LogP contribution in [0, 0.1) is 0 Å². The van der Waals surface area contributed by atoms with Crippen molar-refractivity contribution in [1.29, 1.82) is 0 Å². The van der Waals surface area contributed by atoms with Gasteiger partial charge in [0.15, 0.2) is 5.69 Å². The summed E-state index contributed by atoms with van der Waals surface area (Å²) >= 11 is 1.94. The third kappa shape index (κ3) is 4.69. The van der Waals surface area contributed by atoms with Gasteiger partial charge >= 0.3 is 12.1 Å². The molecule has 0 radical (unpaired) electrons. The third-order valence-electron chi connectivity index (χ3n) is 5.61. The van der Waals surface area contributed by atoms with Gasteiger partial charge in [-0.2, -0.15) is 18.3 Å². The topological polar surface area (TPSA) is 108 Å². The van der Waals surface area contributed by atoms with Crippen LogP contribution in [0.4, 0.5) is 13.2 Å². The molecule has 3 aliphatic rings. The van der Waals surface area contributed by atoms with Crippen LogP contribution in [0.2, 0.25) is 0 Å². The molecule has 1 amide bonds. The van der Waals surface area contributed by atoms with Crippen molar-refractivity contribution >= 4 is 23.6 Å². The number of halogens is 3. The van der Waals surface area contributed by atoms with Crippen molar-refractivity contribution in [3.63, 3.8) is 0 Å². The van der Waals surface area contributed by atoms with E-state index in [4.69, 9.17) is 14.6 Å². The minimum absolute atomic E-state index is 0.0854. The van der Waals surface area contributed by atoms with Crippen LogP contribution in [-0.4, -0.2) is 72.9 Å². The number of nitrogens with zero attached hydrogens (tertiary/aromatic N) is 3. The molecule has 0 aromatic carbocycles. The van der Waals surface area contributed by atoms with Gasteiger partial charge in [-0.05, 0) is 31.4 Å². The number of nitrogens with one attached hydrogen (secondary N) is 1. The number of H-pyrrole nitrogens is 1. The highest BCUT2D eigenvalue weighted by atomic mass is 32.2. The van der Waals surface area contributed by atoms with Crippen molar-refractivity contribution in [1.82, 2.24) is 20.1 Å². The summed E-state index contributed by atoms with van der Waals surface area (Å²) in [4.78, 5) is 27.7. The van der Waals surface area contributed by atoms with Gasteiger partial charge in [-0.1, -0.05) is 0 Å². The molecule has 2 N–H and O–H groups in total. The highest BCUT2D eigenvalue weighted by molar-refractivity contribution is 8.01. The molecule has 172 valence electrons. The van der Waals surface area contributed by atoms with Crippen LogP contribution >= 0.6 is 11.8 Å². The molecule has 1 unspecified atom stereocenters. The van der Waals surface area contributed by atoms with Crippen LogP contribution < -0.4 is 4.74 Å². The number of alkyl halides is 3. The molecule has 1 atom stereocenters. The molecule has 4 heterocycles. The van der Waals surface area contributed by atoms with E-state index in [0.29, 0.717) is 5.69 Å². The SMILES string of the molecule is O=C(O)C(F)(F)F.O=C(c1n[nH]c2c1CCC2)N1CC2(CC(Oc3cccnc3)CS2)C1. The van der Waals surface area contributed by atoms with Crippen molar-refractivity contribution in [2.24, 2.45) is 0 Å². The van der Waals surface area contributed by atoms with Crippen LogP contribution in [0.5, 0.6) is 5.75 Å². The number of likely N-dealkylation sites (tertiary alicyclic amines) is 1. The second kappa shape index (κ2) is 8.64. The Balaban J connectivity index is 0.000000307. The quantitative estimate of drug-likeness (QED) is 0.710. The predicted octanol–water partition coefficient (Wildman–Crippen LogP) is 2.71. The van der Waals surface area contributed by atoms with Gasteiger partial charge < -0.3 is 14.7 Å². The fourth-order valence-corrected chi connectivity index (χ4v) is 5.67. The summed E-state index contributed by atoms with van der Waals surface area (Å²) < 4.78 is 37.9. The molecular weight excluding hydrogens is 449 g/mol. The molecule has 1 spiro atoms. The van der Waals surface area contributed by atoms with Gasteiger partial charge in [-0.25, -0.2) is 4.79 Å². The van der Waals surface area contributed by atoms with Gasteiger partial charge in [0, 0.05) is 42.7 Å². The first-order valence-corrected chi connectivity index (χ1v) is 11.0. The first-order valence-electron chi connectivity index (χ1n) is 10.0. The lowest BCUT2D eigenvalue weighted by Gasteiger charge is -2.47. The maximum Gasteiger partial charge on any atom is 0.490 e. The molecule has 8 nitrogen and oxygen atoms in total. The summed E-state index contributed by atoms with van der Waals surface area (Å²) in [5, 5.41) is 14.4. The van der Waals surface area contributed by atoms with Crippen LogP contribution in [0.3, 0.4) is 0 Å². The molecule has 2 saturated heterocycles. The van der Waals surface area contributed by atoms with Crippen molar-refractivity contribution in [3.8, 4) is 5.75 Å². The minimum Gasteiger partial charge on any atom is -0.488 e. The largest absolute Gasteiger partial charge is 0.490 e. The summed E-state index contributed by atoms with van der Waals surface area (Å²) in [7, 11) is 0. The van der Waals surface area contributed by atoms with E-state index >= 15 is 0 Å². The number of thioether (sulfide) groups is 1. The molecular formula is C20H21F3N4O4S. The zero-order valence-electron chi connectivity index (χ0n) is 16.9. The Morgan fingerprint density at radius 1 is 1.31 bits per heavy atom. The summed E-state index contributed by atoms with van der Waals surface area (Å²) in [6.07, 6.45) is 2.71. The van der Waals surface area contributed by atoms with Crippen LogP contribution in [0.15, 0.2) is 24.5 Å². The van der Waals surface area contributed by atoms with Gasteiger partial charge in [-0.15, -0.1) is 11.8 Å². The summed E-state index contributed by atoms with van der Waals surface area (Å²) in [5.74, 6) is -0.881. The maximum absolute atomic E-state index is 12.8. The van der Waals surface area contributed by atoms with Crippen molar-refractivity contribution in [3.05, 3.63) is 41.5 Å². The highest BCUT2D eigenvalue weighted by Gasteiger charge is 2.52. The van der Waals surface area contributed by atoms with E-state index in [2.05, 4.69) is 15.2 Å². The number of carboxylic acid groups (broad SMARTS) is 1. The van der Waals surface area contributed by atoms with E-state index in [-0.39, 0.29) is 16.8 Å². The van der Waals surface area contributed by atoms with E-state index < -0.39 is 12.1 Å². The zero-order valence-corrected chi connectivity index (χ0v) is 17.7. The zero-order chi connectivity index (χ0) is 22.9. The number of carbonyl (C=O) groups excluding carboxylic acids is 1. The number of amides is 1. The molecule has 1 aliphatic carbocycles. The average Bonchev–Trinajstić information content (AvgIpc) is 3.42. The molecule has 12 heteroatoms. The van der Waals surface area contributed by atoms with Crippen LogP contribution in [0.1, 0.15) is 34.6 Å². The number of carbonyl (C=O) groups is 2. The standard InChI is InChI=1S/C18H20N4O2S.C2HF3O2/c23-17(16-14-4-1-5-15(14)20-21-16)22-10-18(11-22)7-13(9-25-18)24-12-3-2-6-19-8-12;3-2(4,5)1(6)7/h2-3,6,8,13H,1,4-5,7,9-11H2,(H,20,21);(H,6,7). The van der Waals surface area contributed by atoms with E-state index in [1.165, 1.54) is 0 Å². The molecule has 0 saturated carbocycles. The summed E-state index contributed by atoms with van der Waals surface area (Å²) in [5.41, 5.74) is 2.94. The highest BCUT2D eigenvalue weighted by Crippen LogP contribution is 2.46. The van der Waals surface area contributed by atoms with E-state index in [0.717, 1.165) is 61.5 Å². The third-order valence-corrected chi connectivity index (χ3v) is 7.18. The molecule has 2 aliphatic heterocycles.